The lowest BCUT2D eigenvalue weighted by molar-refractivity contribution is 0.107. The standard InChI is InChI=1S/C28H29ClF3N5O2/c29-19-9-18-25(24(32)22(19)23-20(31)3-1-4-21(23)38)34-27(35-26(18)36-12-16-5-6-17(13-36)33-16)39-14-28-7-2-8-37(28)11-15(30)10-28/h1,3-4,9,15-17,33,38H,2,5-8,10-14H2/t15-,16-,17+,28+/m1/s1. The summed E-state index contributed by atoms with van der Waals surface area (Å²) in [5.41, 5.74) is -1.09. The third-order valence-electron chi connectivity index (χ3n) is 8.83. The van der Waals surface area contributed by atoms with E-state index < -0.39 is 29.1 Å². The van der Waals surface area contributed by atoms with Crippen LogP contribution >= 0.6 is 11.6 Å². The number of hydrogen-bond acceptors (Lipinski definition) is 7. The summed E-state index contributed by atoms with van der Waals surface area (Å²) >= 11 is 6.55. The van der Waals surface area contributed by atoms with Gasteiger partial charge in [-0.2, -0.15) is 9.97 Å². The van der Waals surface area contributed by atoms with Crippen LogP contribution in [0.25, 0.3) is 22.0 Å². The Bertz CT molecular complexity index is 1430. The molecule has 0 amide bonds. The quantitative estimate of drug-likeness (QED) is 0.464. The SMILES string of the molecule is Oc1cccc(F)c1-c1c(Cl)cc2c(N3C[C@H]4CC[C@@H](C3)N4)nc(OC[C@@]34CCCN3C[C@H](F)C4)nc2c1F. The molecule has 4 fully saturated rings. The van der Waals surface area contributed by atoms with Crippen LogP contribution in [0, 0.1) is 11.6 Å². The minimum Gasteiger partial charge on any atom is -0.507 e. The molecule has 39 heavy (non-hydrogen) atoms. The van der Waals surface area contributed by atoms with E-state index in [0.29, 0.717) is 49.3 Å². The highest BCUT2D eigenvalue weighted by Crippen LogP contribution is 2.44. The third kappa shape index (κ3) is 4.19. The second kappa shape index (κ2) is 9.38. The fourth-order valence-electron chi connectivity index (χ4n) is 7.07. The number of aromatic hydroxyl groups is 1. The minimum atomic E-state index is -0.908. The molecular weight excluding hydrogens is 531 g/mol. The van der Waals surface area contributed by atoms with Gasteiger partial charge in [-0.25, -0.2) is 13.2 Å². The van der Waals surface area contributed by atoms with Gasteiger partial charge in [0.25, 0.3) is 0 Å². The Morgan fingerprint density at radius 1 is 1.13 bits per heavy atom. The Morgan fingerprint density at radius 3 is 2.69 bits per heavy atom. The molecule has 0 aliphatic carbocycles. The fraction of sp³-hybridized carbons (Fsp3) is 0.500. The van der Waals surface area contributed by atoms with Gasteiger partial charge >= 0.3 is 6.01 Å². The molecule has 0 spiro atoms. The zero-order valence-electron chi connectivity index (χ0n) is 21.3. The van der Waals surface area contributed by atoms with E-state index in [9.17, 15) is 13.9 Å². The van der Waals surface area contributed by atoms with Crippen LogP contribution in [0.3, 0.4) is 0 Å². The lowest BCUT2D eigenvalue weighted by Crippen LogP contribution is -2.51. The highest BCUT2D eigenvalue weighted by atomic mass is 35.5. The third-order valence-corrected chi connectivity index (χ3v) is 9.13. The van der Waals surface area contributed by atoms with Gasteiger partial charge < -0.3 is 20.1 Å². The number of aromatic nitrogens is 2. The van der Waals surface area contributed by atoms with E-state index in [1.807, 2.05) is 0 Å². The molecule has 4 atom stereocenters. The van der Waals surface area contributed by atoms with E-state index in [1.54, 1.807) is 0 Å². The molecule has 4 aliphatic rings. The maximum absolute atomic E-state index is 16.3. The molecule has 7 nitrogen and oxygen atoms in total. The summed E-state index contributed by atoms with van der Waals surface area (Å²) in [4.78, 5) is 13.4. The lowest BCUT2D eigenvalue weighted by atomic mass is 9.95. The van der Waals surface area contributed by atoms with Gasteiger partial charge in [-0.15, -0.1) is 0 Å². The summed E-state index contributed by atoms with van der Waals surface area (Å²) in [5.74, 6) is -1.60. The van der Waals surface area contributed by atoms with Gasteiger partial charge in [-0.3, -0.25) is 4.90 Å². The van der Waals surface area contributed by atoms with Gasteiger partial charge in [-0.1, -0.05) is 17.7 Å². The fourth-order valence-corrected chi connectivity index (χ4v) is 7.36. The van der Waals surface area contributed by atoms with E-state index in [1.165, 1.54) is 18.2 Å². The number of alkyl halides is 1. The van der Waals surface area contributed by atoms with Crippen molar-refractivity contribution in [2.24, 2.45) is 0 Å². The number of nitrogens with one attached hydrogen (secondary N) is 1. The molecule has 7 rings (SSSR count). The second-order valence-electron chi connectivity index (χ2n) is 11.3. The Labute approximate surface area is 228 Å². The number of benzene rings is 2. The Morgan fingerprint density at radius 2 is 1.92 bits per heavy atom. The number of rotatable bonds is 5. The van der Waals surface area contributed by atoms with Gasteiger partial charge in [0.15, 0.2) is 5.82 Å². The molecule has 4 aliphatic heterocycles. The van der Waals surface area contributed by atoms with Crippen LogP contribution in [0.15, 0.2) is 24.3 Å². The molecule has 5 heterocycles. The molecule has 2 aromatic carbocycles. The van der Waals surface area contributed by atoms with Crippen LogP contribution in [0.4, 0.5) is 19.0 Å². The number of piperazine rings is 1. The molecule has 3 aromatic rings. The van der Waals surface area contributed by atoms with Crippen LogP contribution in [0.5, 0.6) is 11.8 Å². The molecule has 0 radical (unpaired) electrons. The van der Waals surface area contributed by atoms with Crippen molar-refractivity contribution in [1.29, 1.82) is 0 Å². The van der Waals surface area contributed by atoms with Crippen LogP contribution in [-0.2, 0) is 0 Å². The molecule has 206 valence electrons. The molecular formula is C28H29ClF3N5O2. The molecule has 1 aromatic heterocycles. The number of phenols is 1. The maximum Gasteiger partial charge on any atom is 0.319 e. The first-order chi connectivity index (χ1) is 18.8. The van der Waals surface area contributed by atoms with E-state index in [4.69, 9.17) is 21.3 Å². The van der Waals surface area contributed by atoms with Gasteiger partial charge in [0.05, 0.1) is 16.1 Å². The Kier molecular flexibility index (Phi) is 6.06. The van der Waals surface area contributed by atoms with Crippen molar-refractivity contribution in [3.63, 3.8) is 0 Å². The number of phenolic OH excluding ortho intramolecular Hbond substituents is 1. The Hall–Kier alpha value is -2.82. The molecule has 11 heteroatoms. The normalized spacial score (nSPS) is 28.4. The largest absolute Gasteiger partial charge is 0.507 e. The summed E-state index contributed by atoms with van der Waals surface area (Å²) in [7, 11) is 0. The first-order valence-electron chi connectivity index (χ1n) is 13.5. The van der Waals surface area contributed by atoms with Crippen LogP contribution in [0.2, 0.25) is 5.02 Å². The van der Waals surface area contributed by atoms with E-state index >= 15 is 4.39 Å². The predicted octanol–water partition coefficient (Wildman–Crippen LogP) is 4.83. The summed E-state index contributed by atoms with van der Waals surface area (Å²) < 4.78 is 51.5. The number of halogens is 4. The van der Waals surface area contributed by atoms with Crippen LogP contribution in [-0.4, -0.2) is 76.6 Å². The molecule has 2 bridgehead atoms. The number of anilines is 1. The maximum atomic E-state index is 16.3. The smallest absolute Gasteiger partial charge is 0.319 e. The van der Waals surface area contributed by atoms with Crippen molar-refractivity contribution in [3.8, 4) is 22.9 Å². The zero-order valence-corrected chi connectivity index (χ0v) is 22.0. The van der Waals surface area contributed by atoms with Crippen molar-refractivity contribution in [2.45, 2.75) is 55.9 Å². The van der Waals surface area contributed by atoms with Crippen molar-refractivity contribution >= 4 is 28.3 Å². The average Bonchev–Trinajstić information content (AvgIpc) is 3.54. The summed E-state index contributed by atoms with van der Waals surface area (Å²) in [6.07, 6.45) is 3.34. The molecule has 4 saturated heterocycles. The van der Waals surface area contributed by atoms with Crippen molar-refractivity contribution in [1.82, 2.24) is 20.2 Å². The van der Waals surface area contributed by atoms with Crippen LogP contribution in [0.1, 0.15) is 32.1 Å². The molecule has 0 saturated carbocycles. The van der Waals surface area contributed by atoms with Gasteiger partial charge in [0.1, 0.15) is 35.7 Å². The predicted molar refractivity (Wildman–Crippen MR) is 142 cm³/mol. The van der Waals surface area contributed by atoms with E-state index in [-0.39, 0.29) is 34.3 Å². The number of ether oxygens (including phenoxy) is 1. The average molecular weight is 560 g/mol. The van der Waals surface area contributed by atoms with Crippen molar-refractivity contribution in [2.75, 3.05) is 37.7 Å². The summed E-state index contributed by atoms with van der Waals surface area (Å²) in [5, 5.41) is 14.3. The molecule has 0 unspecified atom stereocenters. The van der Waals surface area contributed by atoms with E-state index in [0.717, 1.165) is 38.3 Å². The first-order valence-corrected chi connectivity index (χ1v) is 13.9. The van der Waals surface area contributed by atoms with Crippen molar-refractivity contribution in [3.05, 3.63) is 40.9 Å². The first kappa shape index (κ1) is 25.2. The van der Waals surface area contributed by atoms with Gasteiger partial charge in [0, 0.05) is 49.1 Å². The summed E-state index contributed by atoms with van der Waals surface area (Å²) in [6.45, 7) is 2.76. The van der Waals surface area contributed by atoms with Gasteiger partial charge in [0.2, 0.25) is 0 Å². The zero-order chi connectivity index (χ0) is 26.9. The number of hydrogen-bond donors (Lipinski definition) is 2. The minimum absolute atomic E-state index is 0.0168. The lowest BCUT2D eigenvalue weighted by Gasteiger charge is -2.34. The monoisotopic (exact) mass is 559 g/mol. The topological polar surface area (TPSA) is 73.8 Å². The van der Waals surface area contributed by atoms with Gasteiger partial charge in [-0.05, 0) is 50.4 Å². The highest BCUT2D eigenvalue weighted by Gasteiger charge is 2.49. The Balaban J connectivity index is 1.35. The number of fused-ring (bicyclic) bond motifs is 4. The summed E-state index contributed by atoms with van der Waals surface area (Å²) in [6, 6.07) is 5.85. The van der Waals surface area contributed by atoms with Crippen molar-refractivity contribution < 1.29 is 23.0 Å². The van der Waals surface area contributed by atoms with Crippen LogP contribution < -0.4 is 15.0 Å². The molecule has 2 N–H and O–H groups in total. The van der Waals surface area contributed by atoms with E-state index in [2.05, 4.69) is 20.1 Å². The number of nitrogens with zero attached hydrogens (tertiary/aromatic N) is 4. The second-order valence-corrected chi connectivity index (χ2v) is 11.7. The highest BCUT2D eigenvalue weighted by molar-refractivity contribution is 6.34.